The first kappa shape index (κ1) is 24.4. The van der Waals surface area contributed by atoms with Crippen molar-refractivity contribution in [2.24, 2.45) is 10.8 Å². The van der Waals surface area contributed by atoms with E-state index in [4.69, 9.17) is 14.2 Å². The van der Waals surface area contributed by atoms with Crippen molar-refractivity contribution in [3.63, 3.8) is 0 Å². The highest BCUT2D eigenvalue weighted by Gasteiger charge is 2.43. The number of methoxy groups -OCH3 is 1. The topological polar surface area (TPSA) is 99.1 Å². The van der Waals surface area contributed by atoms with Gasteiger partial charge < -0.3 is 19.3 Å². The molecule has 7 nitrogen and oxygen atoms in total. The molecule has 152 valence electrons. The van der Waals surface area contributed by atoms with E-state index in [9.17, 15) is 19.5 Å². The first-order valence-corrected chi connectivity index (χ1v) is 8.93. The summed E-state index contributed by atoms with van der Waals surface area (Å²) in [6, 6.07) is 0. The molecule has 0 aromatic rings. The van der Waals surface area contributed by atoms with Crippen LogP contribution in [0.1, 0.15) is 67.7 Å². The zero-order valence-electron chi connectivity index (χ0n) is 17.3. The number of hydrogen-bond donors (Lipinski definition) is 1. The van der Waals surface area contributed by atoms with Gasteiger partial charge in [0.15, 0.2) is 6.10 Å². The number of aliphatic hydroxyl groups is 1. The van der Waals surface area contributed by atoms with Crippen LogP contribution >= 0.6 is 0 Å². The Hall–Kier alpha value is -1.63. The normalized spacial score (nSPS) is 15.6. The summed E-state index contributed by atoms with van der Waals surface area (Å²) in [5.74, 6) is -2.16. The van der Waals surface area contributed by atoms with Gasteiger partial charge in [-0.25, -0.2) is 4.79 Å². The number of unbranched alkanes of at least 4 members (excludes halogenated alkanes) is 1. The van der Waals surface area contributed by atoms with E-state index in [0.29, 0.717) is 12.8 Å². The third-order valence-corrected chi connectivity index (χ3v) is 3.67. The van der Waals surface area contributed by atoms with Crippen LogP contribution in [0, 0.1) is 10.8 Å². The minimum absolute atomic E-state index is 0.291. The van der Waals surface area contributed by atoms with Crippen molar-refractivity contribution in [2.45, 2.75) is 86.0 Å². The summed E-state index contributed by atoms with van der Waals surface area (Å²) < 4.78 is 15.4. The molecule has 0 saturated heterocycles. The van der Waals surface area contributed by atoms with Gasteiger partial charge >= 0.3 is 17.9 Å². The molecule has 0 fully saturated rings. The first-order valence-electron chi connectivity index (χ1n) is 8.93. The molecule has 0 bridgehead atoms. The lowest BCUT2D eigenvalue weighted by molar-refractivity contribution is -0.196. The van der Waals surface area contributed by atoms with Crippen molar-refractivity contribution >= 4 is 17.9 Å². The second kappa shape index (κ2) is 9.90. The Bertz CT molecular complexity index is 485. The van der Waals surface area contributed by atoms with Gasteiger partial charge in [0.25, 0.3) is 0 Å². The molecule has 0 amide bonds. The first-order chi connectivity index (χ1) is 11.8. The minimum atomic E-state index is -1.54. The third-order valence-electron chi connectivity index (χ3n) is 3.67. The van der Waals surface area contributed by atoms with Crippen molar-refractivity contribution < 1.29 is 33.7 Å². The van der Waals surface area contributed by atoms with Crippen molar-refractivity contribution in [3.05, 3.63) is 0 Å². The summed E-state index contributed by atoms with van der Waals surface area (Å²) in [5.41, 5.74) is -1.73. The van der Waals surface area contributed by atoms with Crippen LogP contribution in [0.15, 0.2) is 0 Å². The van der Waals surface area contributed by atoms with E-state index < -0.39 is 47.0 Å². The molecule has 0 spiro atoms. The van der Waals surface area contributed by atoms with Crippen molar-refractivity contribution in [2.75, 3.05) is 7.11 Å². The zero-order chi connectivity index (χ0) is 20.7. The fourth-order valence-corrected chi connectivity index (χ4v) is 1.88. The van der Waals surface area contributed by atoms with Crippen LogP contribution in [0.2, 0.25) is 0 Å². The van der Waals surface area contributed by atoms with Crippen molar-refractivity contribution in [1.82, 2.24) is 0 Å². The summed E-state index contributed by atoms with van der Waals surface area (Å²) >= 11 is 0. The summed E-state index contributed by atoms with van der Waals surface area (Å²) in [6.07, 6.45) is -2.29. The molecule has 0 heterocycles. The second-order valence-electron chi connectivity index (χ2n) is 8.43. The largest absolute Gasteiger partial charge is 0.466 e. The standard InChI is InChI=1S/C19H34O7/c1-9-10-11-12(20)13(25-16(22)18(2,3)4)14(15(21)24-8)26-17(23)19(5,6)7/h12-14,20H,9-11H2,1-8H3/t12-,13-,14+/m0/s1. The number of carbonyl (C=O) groups excluding carboxylic acids is 3. The molecule has 0 saturated carbocycles. The lowest BCUT2D eigenvalue weighted by Crippen LogP contribution is -2.50. The van der Waals surface area contributed by atoms with E-state index in [0.717, 1.165) is 13.5 Å². The summed E-state index contributed by atoms with van der Waals surface area (Å²) in [6.45, 7) is 11.8. The smallest absolute Gasteiger partial charge is 0.351 e. The van der Waals surface area contributed by atoms with E-state index in [2.05, 4.69) is 0 Å². The Morgan fingerprint density at radius 1 is 0.923 bits per heavy atom. The number of hydrogen-bond acceptors (Lipinski definition) is 7. The quantitative estimate of drug-likeness (QED) is 0.515. The van der Waals surface area contributed by atoms with E-state index in [1.165, 1.54) is 0 Å². The molecule has 0 aliphatic rings. The third kappa shape index (κ3) is 7.72. The Morgan fingerprint density at radius 2 is 1.38 bits per heavy atom. The van der Waals surface area contributed by atoms with E-state index in [1.807, 2.05) is 6.92 Å². The van der Waals surface area contributed by atoms with Crippen LogP contribution in [0.25, 0.3) is 0 Å². The maximum Gasteiger partial charge on any atom is 0.351 e. The molecule has 0 aliphatic carbocycles. The molecule has 0 aliphatic heterocycles. The molecule has 0 radical (unpaired) electrons. The molecule has 1 N–H and O–H groups in total. The maximum absolute atomic E-state index is 12.3. The number of aliphatic hydroxyl groups excluding tert-OH is 1. The monoisotopic (exact) mass is 374 g/mol. The maximum atomic E-state index is 12.3. The Morgan fingerprint density at radius 3 is 1.77 bits per heavy atom. The Kier molecular flexibility index (Phi) is 9.28. The average molecular weight is 374 g/mol. The van der Waals surface area contributed by atoms with Crippen LogP contribution in [-0.2, 0) is 28.6 Å². The molecule has 3 atom stereocenters. The molecule has 0 aromatic heterocycles. The predicted molar refractivity (Wildman–Crippen MR) is 96.2 cm³/mol. The number of ether oxygens (including phenoxy) is 3. The fourth-order valence-electron chi connectivity index (χ4n) is 1.88. The van der Waals surface area contributed by atoms with E-state index in [1.54, 1.807) is 41.5 Å². The fraction of sp³-hybridized carbons (Fsp3) is 0.842. The number of carbonyl (C=O) groups is 3. The molecule has 26 heavy (non-hydrogen) atoms. The zero-order valence-corrected chi connectivity index (χ0v) is 17.3. The van der Waals surface area contributed by atoms with Gasteiger partial charge in [-0.3, -0.25) is 9.59 Å². The van der Waals surface area contributed by atoms with Crippen LogP contribution in [0.5, 0.6) is 0 Å². The van der Waals surface area contributed by atoms with Gasteiger partial charge in [0.05, 0.1) is 24.0 Å². The van der Waals surface area contributed by atoms with Crippen LogP contribution in [0.4, 0.5) is 0 Å². The molecular formula is C19H34O7. The molecular weight excluding hydrogens is 340 g/mol. The molecule has 7 heteroatoms. The summed E-state index contributed by atoms with van der Waals surface area (Å²) in [5, 5.41) is 10.5. The van der Waals surface area contributed by atoms with Crippen molar-refractivity contribution in [3.8, 4) is 0 Å². The lowest BCUT2D eigenvalue weighted by Gasteiger charge is -2.32. The Labute approximate surface area is 156 Å². The van der Waals surface area contributed by atoms with Gasteiger partial charge in [-0.05, 0) is 48.0 Å². The van der Waals surface area contributed by atoms with E-state index >= 15 is 0 Å². The van der Waals surface area contributed by atoms with Gasteiger partial charge in [-0.1, -0.05) is 19.8 Å². The molecule has 0 unspecified atom stereocenters. The summed E-state index contributed by atoms with van der Waals surface area (Å²) in [7, 11) is 1.14. The number of rotatable bonds is 8. The Balaban J connectivity index is 5.72. The van der Waals surface area contributed by atoms with Crippen molar-refractivity contribution in [1.29, 1.82) is 0 Å². The summed E-state index contributed by atoms with van der Waals surface area (Å²) in [4.78, 5) is 36.8. The van der Waals surface area contributed by atoms with Gasteiger partial charge in [-0.2, -0.15) is 0 Å². The van der Waals surface area contributed by atoms with Gasteiger partial charge in [0.2, 0.25) is 6.10 Å². The van der Waals surface area contributed by atoms with Gasteiger partial charge in [0.1, 0.15) is 0 Å². The van der Waals surface area contributed by atoms with Gasteiger partial charge in [0, 0.05) is 0 Å². The predicted octanol–water partition coefficient (Wildman–Crippen LogP) is 2.63. The van der Waals surface area contributed by atoms with Crippen LogP contribution in [0.3, 0.4) is 0 Å². The van der Waals surface area contributed by atoms with Crippen LogP contribution in [-0.4, -0.2) is 48.4 Å². The van der Waals surface area contributed by atoms with E-state index in [-0.39, 0.29) is 0 Å². The second-order valence-corrected chi connectivity index (χ2v) is 8.43. The highest BCUT2D eigenvalue weighted by molar-refractivity contribution is 5.83. The lowest BCUT2D eigenvalue weighted by atomic mass is 9.95. The number of esters is 3. The highest BCUT2D eigenvalue weighted by Crippen LogP contribution is 2.24. The minimum Gasteiger partial charge on any atom is -0.466 e. The SMILES string of the molecule is CCCC[C@H](O)[C@H](OC(=O)C(C)(C)C)[C@@H](OC(=O)C(C)(C)C)C(=O)OC. The van der Waals surface area contributed by atoms with Gasteiger partial charge in [-0.15, -0.1) is 0 Å². The van der Waals surface area contributed by atoms with Crippen LogP contribution < -0.4 is 0 Å². The molecule has 0 aromatic carbocycles. The average Bonchev–Trinajstić information content (AvgIpc) is 2.52. The highest BCUT2D eigenvalue weighted by atomic mass is 16.6. The molecule has 0 rings (SSSR count).